The van der Waals surface area contributed by atoms with Gasteiger partial charge in [0, 0.05) is 61.1 Å². The van der Waals surface area contributed by atoms with Crippen LogP contribution in [0.15, 0.2) is 18.3 Å². The van der Waals surface area contributed by atoms with Gasteiger partial charge in [-0.25, -0.2) is 13.8 Å². The van der Waals surface area contributed by atoms with Crippen LogP contribution in [0.3, 0.4) is 0 Å². The Kier molecular flexibility index (Phi) is 7.09. The van der Waals surface area contributed by atoms with Gasteiger partial charge < -0.3 is 30.9 Å². The number of hydrogen-bond donors (Lipinski definition) is 2. The Morgan fingerprint density at radius 1 is 1.23 bits per heavy atom. The summed E-state index contributed by atoms with van der Waals surface area (Å²) >= 11 is 3.12. The van der Waals surface area contributed by atoms with Crippen LogP contribution < -0.4 is 26.0 Å². The topological polar surface area (TPSA) is 133 Å². The molecule has 2 atom stereocenters. The highest BCUT2D eigenvalue weighted by Gasteiger charge is 2.71. The number of pyridine rings is 1. The van der Waals surface area contributed by atoms with E-state index in [4.69, 9.17) is 16.2 Å². The molecule has 0 amide bonds. The fourth-order valence-electron chi connectivity index (χ4n) is 6.09. The number of nitriles is 1. The third kappa shape index (κ3) is 4.79. The molecule has 5 heterocycles. The molecule has 15 heteroatoms. The minimum atomic E-state index is -2.88. The summed E-state index contributed by atoms with van der Waals surface area (Å²) in [6.07, 6.45) is 1.26. The molecule has 1 aliphatic carbocycles. The smallest absolute Gasteiger partial charge is 0.320 e. The van der Waals surface area contributed by atoms with E-state index in [-0.39, 0.29) is 37.2 Å². The third-order valence-corrected chi connectivity index (χ3v) is 11.2. The molecular formula is C28H32F3N9OS2. The maximum atomic E-state index is 16.3. The van der Waals surface area contributed by atoms with Crippen molar-refractivity contribution in [2.24, 2.45) is 5.41 Å². The normalized spacial score (nSPS) is 21.8. The summed E-state index contributed by atoms with van der Waals surface area (Å²) < 4.78 is 50.7. The summed E-state index contributed by atoms with van der Waals surface area (Å²) in [4.78, 5) is 19.0. The highest BCUT2D eigenvalue weighted by molar-refractivity contribution is 8.00. The van der Waals surface area contributed by atoms with E-state index < -0.39 is 27.9 Å². The molecule has 0 aromatic carbocycles. The predicted octanol–water partition coefficient (Wildman–Crippen LogP) is 4.23. The molecule has 1 unspecified atom stereocenters. The molecule has 1 spiro atoms. The molecular weight excluding hydrogens is 599 g/mol. The lowest BCUT2D eigenvalue weighted by Gasteiger charge is -2.48. The van der Waals surface area contributed by atoms with Gasteiger partial charge in [-0.2, -0.15) is 19.6 Å². The molecule has 1 saturated heterocycles. The first-order valence-corrected chi connectivity index (χ1v) is 15.5. The van der Waals surface area contributed by atoms with Gasteiger partial charge >= 0.3 is 6.01 Å². The summed E-state index contributed by atoms with van der Waals surface area (Å²) in [6, 6.07) is 5.15. The number of halogens is 3. The first-order chi connectivity index (χ1) is 20.3. The summed E-state index contributed by atoms with van der Waals surface area (Å²) in [5.41, 5.74) is 12.9. The first kappa shape index (κ1) is 29.6. The molecule has 2 aliphatic heterocycles. The fraction of sp³-hybridized carbons (Fsp3) is 0.500. The van der Waals surface area contributed by atoms with E-state index in [1.165, 1.54) is 11.3 Å². The Morgan fingerprint density at radius 2 is 1.95 bits per heavy atom. The molecule has 10 nitrogen and oxygen atoms in total. The highest BCUT2D eigenvalue weighted by atomic mass is 32.2. The van der Waals surface area contributed by atoms with Gasteiger partial charge in [0.1, 0.15) is 23.5 Å². The van der Waals surface area contributed by atoms with Gasteiger partial charge in [-0.3, -0.25) is 0 Å². The van der Waals surface area contributed by atoms with Gasteiger partial charge in [-0.15, -0.1) is 23.1 Å². The van der Waals surface area contributed by atoms with E-state index in [9.17, 15) is 14.0 Å². The van der Waals surface area contributed by atoms with Gasteiger partial charge in [-0.05, 0) is 27.1 Å². The maximum Gasteiger partial charge on any atom is 0.320 e. The van der Waals surface area contributed by atoms with Crippen LogP contribution in [-0.4, -0.2) is 73.2 Å². The SMILES string of the molecule is C[C@H](c1cccnc1N)N(C)c1nc(OCC2(CN(C)C)CC2(F)F)nc(N2CC3(C2)SCc2sc(N)c(C#N)c23)c1F. The average Bonchev–Trinajstić information content (AvgIpc) is 3.17. The van der Waals surface area contributed by atoms with Gasteiger partial charge in [0.2, 0.25) is 5.82 Å². The third-order valence-electron chi connectivity index (χ3n) is 8.59. The predicted molar refractivity (Wildman–Crippen MR) is 162 cm³/mol. The van der Waals surface area contributed by atoms with Crippen molar-refractivity contribution in [1.82, 2.24) is 19.9 Å². The van der Waals surface area contributed by atoms with Crippen molar-refractivity contribution >= 4 is 45.6 Å². The van der Waals surface area contributed by atoms with Crippen molar-refractivity contribution in [3.05, 3.63) is 45.7 Å². The van der Waals surface area contributed by atoms with Gasteiger partial charge in [0.05, 0.1) is 21.8 Å². The van der Waals surface area contributed by atoms with E-state index in [0.717, 1.165) is 16.2 Å². The Bertz CT molecular complexity index is 1620. The maximum absolute atomic E-state index is 16.3. The number of anilines is 4. The Balaban J connectivity index is 1.34. The number of nitrogen functional groups attached to an aromatic ring is 2. The number of thiophene rings is 1. The van der Waals surface area contributed by atoms with Gasteiger partial charge in [0.15, 0.2) is 11.6 Å². The standard InChI is InChI=1S/C28H32F3N9OS2/c1-15(16-6-5-7-35-21(16)33)39(4)23-20(29)24(37-25(36-23)41-14-26(11-38(2)3)10-28(26,30)31)40-12-27(13-40)19-17(8-32)22(34)43-18(19)9-42-27/h5-7,15H,9-14,34H2,1-4H3,(H2,33,35)/t15-,26?/m1/s1. The van der Waals surface area contributed by atoms with Crippen molar-refractivity contribution in [1.29, 1.82) is 5.26 Å². The van der Waals surface area contributed by atoms with Crippen LogP contribution in [0.25, 0.3) is 0 Å². The van der Waals surface area contributed by atoms with Crippen LogP contribution in [0.1, 0.15) is 41.0 Å². The van der Waals surface area contributed by atoms with Crippen LogP contribution in [0.2, 0.25) is 0 Å². The number of aromatic nitrogens is 3. The van der Waals surface area contributed by atoms with Crippen molar-refractivity contribution in [3.8, 4) is 12.1 Å². The van der Waals surface area contributed by atoms with E-state index >= 15 is 4.39 Å². The monoisotopic (exact) mass is 631 g/mol. The molecule has 2 fully saturated rings. The molecule has 3 aromatic heterocycles. The second-order valence-electron chi connectivity index (χ2n) is 11.8. The first-order valence-electron chi connectivity index (χ1n) is 13.7. The molecule has 3 aliphatic rings. The Hall–Kier alpha value is -3.48. The molecule has 0 radical (unpaired) electrons. The van der Waals surface area contributed by atoms with Crippen LogP contribution in [0.4, 0.5) is 35.6 Å². The summed E-state index contributed by atoms with van der Waals surface area (Å²) in [7, 11) is 5.13. The van der Waals surface area contributed by atoms with Crippen LogP contribution in [0.5, 0.6) is 6.01 Å². The summed E-state index contributed by atoms with van der Waals surface area (Å²) in [5.74, 6) is -2.58. The molecule has 3 aromatic rings. The largest absolute Gasteiger partial charge is 0.462 e. The van der Waals surface area contributed by atoms with E-state index in [0.29, 0.717) is 35.0 Å². The molecule has 1 saturated carbocycles. The van der Waals surface area contributed by atoms with Crippen LogP contribution in [-0.2, 0) is 10.5 Å². The molecule has 0 bridgehead atoms. The molecule has 43 heavy (non-hydrogen) atoms. The van der Waals surface area contributed by atoms with Gasteiger partial charge in [0.25, 0.3) is 5.92 Å². The van der Waals surface area contributed by atoms with Crippen LogP contribution >= 0.6 is 23.1 Å². The second kappa shape index (κ2) is 10.3. The van der Waals surface area contributed by atoms with Crippen molar-refractivity contribution in [2.45, 2.75) is 35.8 Å². The zero-order valence-electron chi connectivity index (χ0n) is 24.2. The minimum Gasteiger partial charge on any atom is -0.462 e. The van der Waals surface area contributed by atoms with E-state index in [2.05, 4.69) is 21.0 Å². The minimum absolute atomic E-state index is 0.00353. The zero-order chi connectivity index (χ0) is 30.9. The van der Waals surface area contributed by atoms with Crippen molar-refractivity contribution < 1.29 is 17.9 Å². The number of alkyl halides is 2. The zero-order valence-corrected chi connectivity index (χ0v) is 25.8. The van der Waals surface area contributed by atoms with E-state index in [1.807, 2.05) is 6.92 Å². The van der Waals surface area contributed by atoms with Gasteiger partial charge in [-0.1, -0.05) is 6.07 Å². The highest BCUT2D eigenvalue weighted by Crippen LogP contribution is 2.61. The van der Waals surface area contributed by atoms with E-state index in [1.54, 1.807) is 65.9 Å². The second-order valence-corrected chi connectivity index (χ2v) is 14.3. The number of ether oxygens (including phenoxy) is 1. The summed E-state index contributed by atoms with van der Waals surface area (Å²) in [5, 5.41) is 10.2. The number of fused-ring (bicyclic) bond motifs is 2. The molecule has 228 valence electrons. The number of nitrogens with two attached hydrogens (primary N) is 2. The van der Waals surface area contributed by atoms with Crippen molar-refractivity contribution in [3.63, 3.8) is 0 Å². The Morgan fingerprint density at radius 3 is 2.58 bits per heavy atom. The lowest BCUT2D eigenvalue weighted by Crippen LogP contribution is -2.57. The lowest BCUT2D eigenvalue weighted by molar-refractivity contribution is 0.0287. The number of hydrogen-bond acceptors (Lipinski definition) is 12. The number of rotatable bonds is 9. The average molecular weight is 632 g/mol. The molecule has 6 rings (SSSR count). The quantitative estimate of drug-likeness (QED) is 0.351. The Labute approximate surface area is 255 Å². The number of thioether (sulfide) groups is 1. The van der Waals surface area contributed by atoms with Crippen LogP contribution in [0, 0.1) is 22.6 Å². The van der Waals surface area contributed by atoms with Crippen molar-refractivity contribution in [2.75, 3.05) is 68.7 Å². The molecule has 4 N–H and O–H groups in total. The summed E-state index contributed by atoms with van der Waals surface area (Å²) in [6.45, 7) is 2.42. The number of nitrogens with zero attached hydrogens (tertiary/aromatic N) is 7. The lowest BCUT2D eigenvalue weighted by atomic mass is 9.88. The fourth-order valence-corrected chi connectivity index (χ4v) is 8.89.